The van der Waals surface area contributed by atoms with Crippen LogP contribution in [0.5, 0.6) is 0 Å². The van der Waals surface area contributed by atoms with Gasteiger partial charge in [0.15, 0.2) is 0 Å². The Kier molecular flexibility index (Phi) is 3.28. The highest BCUT2D eigenvalue weighted by molar-refractivity contribution is 5.98. The van der Waals surface area contributed by atoms with Crippen LogP contribution in [-0.2, 0) is 0 Å². The zero-order chi connectivity index (χ0) is 14.2. The van der Waals surface area contributed by atoms with E-state index in [0.29, 0.717) is 5.41 Å². The highest BCUT2D eigenvalue weighted by atomic mass is 15.2. The van der Waals surface area contributed by atoms with Gasteiger partial charge in [0, 0.05) is 30.4 Å². The summed E-state index contributed by atoms with van der Waals surface area (Å²) in [5.41, 5.74) is 9.63. The predicted molar refractivity (Wildman–Crippen MR) is 86.0 cm³/mol. The molecule has 0 bridgehead atoms. The maximum absolute atomic E-state index is 6.07. The van der Waals surface area contributed by atoms with E-state index in [9.17, 15) is 0 Å². The van der Waals surface area contributed by atoms with E-state index < -0.39 is 0 Å². The molecule has 2 heterocycles. The summed E-state index contributed by atoms with van der Waals surface area (Å²) in [4.78, 5) is 7.05. The van der Waals surface area contributed by atoms with Crippen LogP contribution in [0.25, 0.3) is 10.9 Å². The molecule has 0 amide bonds. The first-order valence-electron chi connectivity index (χ1n) is 7.57. The molecule has 0 aliphatic carbocycles. The van der Waals surface area contributed by atoms with Gasteiger partial charge in [-0.3, -0.25) is 4.98 Å². The summed E-state index contributed by atoms with van der Waals surface area (Å²) < 4.78 is 0. The van der Waals surface area contributed by atoms with Gasteiger partial charge in [0.2, 0.25) is 0 Å². The Labute approximate surface area is 120 Å². The van der Waals surface area contributed by atoms with Crippen LogP contribution in [-0.4, -0.2) is 18.1 Å². The zero-order valence-corrected chi connectivity index (χ0v) is 12.4. The molecular weight excluding hydrogens is 246 g/mol. The van der Waals surface area contributed by atoms with Gasteiger partial charge in [-0.1, -0.05) is 13.8 Å². The summed E-state index contributed by atoms with van der Waals surface area (Å²) in [7, 11) is 0. The van der Waals surface area contributed by atoms with Crippen LogP contribution in [0.1, 0.15) is 33.1 Å². The molecule has 2 aromatic rings. The summed E-state index contributed by atoms with van der Waals surface area (Å²) in [5.74, 6) is 0. The molecule has 1 aliphatic heterocycles. The van der Waals surface area contributed by atoms with Crippen LogP contribution in [0.2, 0.25) is 0 Å². The second kappa shape index (κ2) is 4.97. The van der Waals surface area contributed by atoms with Crippen LogP contribution < -0.4 is 10.6 Å². The molecule has 3 heteroatoms. The highest BCUT2D eigenvalue weighted by Crippen LogP contribution is 2.41. The molecule has 3 nitrogen and oxygen atoms in total. The number of hydrogen-bond donors (Lipinski definition) is 1. The Morgan fingerprint density at radius 1 is 1.25 bits per heavy atom. The van der Waals surface area contributed by atoms with Gasteiger partial charge in [0.05, 0.1) is 11.2 Å². The average Bonchev–Trinajstić information content (AvgIpc) is 2.93. The van der Waals surface area contributed by atoms with Gasteiger partial charge >= 0.3 is 0 Å². The van der Waals surface area contributed by atoms with E-state index in [1.165, 1.54) is 24.9 Å². The number of hydrogen-bond acceptors (Lipinski definition) is 3. The second-order valence-electron chi connectivity index (χ2n) is 5.95. The quantitative estimate of drug-likeness (QED) is 0.861. The molecule has 0 unspecified atom stereocenters. The van der Waals surface area contributed by atoms with Crippen LogP contribution in [0.3, 0.4) is 0 Å². The number of fused-ring (bicyclic) bond motifs is 1. The molecule has 0 radical (unpaired) electrons. The zero-order valence-electron chi connectivity index (χ0n) is 12.4. The lowest BCUT2D eigenvalue weighted by Gasteiger charge is -2.27. The van der Waals surface area contributed by atoms with Crippen molar-refractivity contribution in [3.63, 3.8) is 0 Å². The third-order valence-electron chi connectivity index (χ3n) is 5.06. The first kappa shape index (κ1) is 13.2. The number of rotatable bonds is 3. The van der Waals surface area contributed by atoms with E-state index in [0.717, 1.165) is 29.7 Å². The van der Waals surface area contributed by atoms with Crippen molar-refractivity contribution in [1.82, 2.24) is 4.98 Å². The lowest BCUT2D eigenvalue weighted by Crippen LogP contribution is -2.26. The van der Waals surface area contributed by atoms with Crippen LogP contribution in [0.4, 0.5) is 11.4 Å². The number of aromatic nitrogens is 1. The average molecular weight is 269 g/mol. The summed E-state index contributed by atoms with van der Waals surface area (Å²) in [6.45, 7) is 6.88. The summed E-state index contributed by atoms with van der Waals surface area (Å²) in [5, 5.41) is 1.07. The van der Waals surface area contributed by atoms with Gasteiger partial charge in [0.1, 0.15) is 0 Å². The van der Waals surface area contributed by atoms with Gasteiger partial charge in [0.25, 0.3) is 0 Å². The number of anilines is 2. The van der Waals surface area contributed by atoms with E-state index >= 15 is 0 Å². The Bertz CT molecular complexity index is 617. The molecule has 0 atom stereocenters. The minimum atomic E-state index is 0.475. The van der Waals surface area contributed by atoms with E-state index in [1.807, 2.05) is 18.3 Å². The topological polar surface area (TPSA) is 42.1 Å². The monoisotopic (exact) mass is 269 g/mol. The highest BCUT2D eigenvalue weighted by Gasteiger charge is 2.35. The summed E-state index contributed by atoms with van der Waals surface area (Å²) in [6.07, 6.45) is 5.63. The Morgan fingerprint density at radius 2 is 2.05 bits per heavy atom. The Morgan fingerprint density at radius 3 is 2.75 bits per heavy atom. The fourth-order valence-electron chi connectivity index (χ4n) is 3.40. The number of benzene rings is 1. The maximum Gasteiger partial charge on any atom is 0.0955 e. The third kappa shape index (κ3) is 2.01. The van der Waals surface area contributed by atoms with Crippen LogP contribution >= 0.6 is 0 Å². The lowest BCUT2D eigenvalue weighted by molar-refractivity contribution is 0.301. The smallest absolute Gasteiger partial charge is 0.0955 e. The number of pyridine rings is 1. The van der Waals surface area contributed by atoms with E-state index in [1.54, 1.807) is 0 Å². The SMILES string of the molecule is CCC1(CC)CCN(c2ccc(N)c3cccnc23)C1. The van der Waals surface area contributed by atoms with Gasteiger partial charge in [-0.05, 0) is 48.9 Å². The summed E-state index contributed by atoms with van der Waals surface area (Å²) >= 11 is 0. The van der Waals surface area contributed by atoms with Gasteiger partial charge in [-0.2, -0.15) is 0 Å². The van der Waals surface area contributed by atoms with E-state index in [-0.39, 0.29) is 0 Å². The molecule has 1 aromatic carbocycles. The lowest BCUT2D eigenvalue weighted by atomic mass is 9.82. The molecule has 3 rings (SSSR count). The molecule has 106 valence electrons. The molecule has 2 N–H and O–H groups in total. The molecular formula is C17H23N3. The van der Waals surface area contributed by atoms with Gasteiger partial charge < -0.3 is 10.6 Å². The van der Waals surface area contributed by atoms with Gasteiger partial charge in [-0.25, -0.2) is 0 Å². The van der Waals surface area contributed by atoms with Crippen LogP contribution in [0, 0.1) is 5.41 Å². The molecule has 0 saturated carbocycles. The van der Waals surface area contributed by atoms with Crippen molar-refractivity contribution in [2.45, 2.75) is 33.1 Å². The molecule has 1 aliphatic rings. The minimum absolute atomic E-state index is 0.475. The second-order valence-corrected chi connectivity index (χ2v) is 5.95. The number of nitrogens with zero attached hydrogens (tertiary/aromatic N) is 2. The molecule has 1 saturated heterocycles. The first-order chi connectivity index (χ1) is 9.69. The Hall–Kier alpha value is -1.77. The van der Waals surface area contributed by atoms with Crippen molar-refractivity contribution in [2.75, 3.05) is 23.7 Å². The third-order valence-corrected chi connectivity index (χ3v) is 5.06. The molecule has 0 spiro atoms. The van der Waals surface area contributed by atoms with Crippen molar-refractivity contribution in [2.24, 2.45) is 5.41 Å². The normalized spacial score (nSPS) is 17.8. The minimum Gasteiger partial charge on any atom is -0.398 e. The van der Waals surface area contributed by atoms with E-state index in [4.69, 9.17) is 5.73 Å². The van der Waals surface area contributed by atoms with Crippen molar-refractivity contribution in [1.29, 1.82) is 0 Å². The number of nitrogens with two attached hydrogens (primary N) is 1. The van der Waals surface area contributed by atoms with Crippen molar-refractivity contribution in [3.8, 4) is 0 Å². The number of nitrogen functional groups attached to an aromatic ring is 1. The first-order valence-corrected chi connectivity index (χ1v) is 7.57. The predicted octanol–water partition coefficient (Wildman–Crippen LogP) is 3.83. The van der Waals surface area contributed by atoms with E-state index in [2.05, 4.69) is 35.9 Å². The molecule has 1 fully saturated rings. The Balaban J connectivity index is 2.02. The van der Waals surface area contributed by atoms with Gasteiger partial charge in [-0.15, -0.1) is 0 Å². The molecule has 20 heavy (non-hydrogen) atoms. The largest absolute Gasteiger partial charge is 0.398 e. The van der Waals surface area contributed by atoms with Crippen molar-refractivity contribution >= 4 is 22.3 Å². The van der Waals surface area contributed by atoms with Crippen LogP contribution in [0.15, 0.2) is 30.5 Å². The fourth-order valence-corrected chi connectivity index (χ4v) is 3.40. The fraction of sp³-hybridized carbons (Fsp3) is 0.471. The molecule has 1 aromatic heterocycles. The summed E-state index contributed by atoms with van der Waals surface area (Å²) in [6, 6.07) is 8.16. The van der Waals surface area contributed by atoms with Crippen molar-refractivity contribution < 1.29 is 0 Å². The standard InChI is InChI=1S/C17H23N3/c1-3-17(4-2)9-11-20(12-17)15-8-7-14(18)13-6-5-10-19-16(13)15/h5-8,10H,3-4,9,11-12,18H2,1-2H3. The van der Waals surface area contributed by atoms with Crippen molar-refractivity contribution in [3.05, 3.63) is 30.5 Å². The maximum atomic E-state index is 6.07.